The van der Waals surface area contributed by atoms with E-state index in [1.165, 1.54) is 0 Å². The molecule has 1 aliphatic rings. The molecule has 1 heterocycles. The highest BCUT2D eigenvalue weighted by Crippen LogP contribution is 2.31. The Morgan fingerprint density at radius 1 is 1.39 bits per heavy atom. The van der Waals surface area contributed by atoms with E-state index in [0.717, 1.165) is 25.0 Å². The van der Waals surface area contributed by atoms with Crippen LogP contribution in [0.15, 0.2) is 12.1 Å². The summed E-state index contributed by atoms with van der Waals surface area (Å²) in [5.74, 6) is -2.84. The lowest BCUT2D eigenvalue weighted by Gasteiger charge is -2.41. The zero-order chi connectivity index (χ0) is 13.3. The van der Waals surface area contributed by atoms with Crippen LogP contribution in [-0.2, 0) is 0 Å². The highest BCUT2D eigenvalue weighted by molar-refractivity contribution is 5.94. The van der Waals surface area contributed by atoms with Crippen molar-refractivity contribution in [3.63, 3.8) is 0 Å². The molecule has 2 rings (SSSR count). The number of hydrogen-bond acceptors (Lipinski definition) is 2. The maximum Gasteiger partial charge on any atom is 0.337 e. The lowest BCUT2D eigenvalue weighted by atomic mass is 9.93. The van der Waals surface area contributed by atoms with E-state index < -0.39 is 17.6 Å². The Kier molecular flexibility index (Phi) is 3.50. The molecule has 0 amide bonds. The molecule has 0 atom stereocenters. The largest absolute Gasteiger partial charge is 0.478 e. The standard InChI is InChI=1S/C13H15F2NO2/c1-2-3-8-6-16(7-8)12-5-11(15)10(14)4-9(12)13(17)18/h4-5,8H,2-3,6-7H2,1H3,(H,17,18). The molecule has 3 nitrogen and oxygen atoms in total. The summed E-state index contributed by atoms with van der Waals surface area (Å²) in [5.41, 5.74) is 0.0950. The van der Waals surface area contributed by atoms with Crippen LogP contribution in [0.5, 0.6) is 0 Å². The van der Waals surface area contributed by atoms with Gasteiger partial charge in [-0.2, -0.15) is 0 Å². The second-order valence-electron chi connectivity index (χ2n) is 4.65. The van der Waals surface area contributed by atoms with E-state index in [1.807, 2.05) is 0 Å². The minimum atomic E-state index is -1.23. The van der Waals surface area contributed by atoms with Crippen molar-refractivity contribution in [3.8, 4) is 0 Å². The molecular formula is C13H15F2NO2. The highest BCUT2D eigenvalue weighted by Gasteiger charge is 2.29. The normalized spacial score (nSPS) is 15.6. The fraction of sp³-hybridized carbons (Fsp3) is 0.462. The molecule has 1 saturated heterocycles. The number of benzene rings is 1. The quantitative estimate of drug-likeness (QED) is 0.899. The molecule has 0 radical (unpaired) electrons. The molecule has 0 spiro atoms. The minimum Gasteiger partial charge on any atom is -0.478 e. The van der Waals surface area contributed by atoms with Gasteiger partial charge in [0.05, 0.1) is 11.3 Å². The lowest BCUT2D eigenvalue weighted by Crippen LogP contribution is -2.47. The first kappa shape index (κ1) is 12.8. The van der Waals surface area contributed by atoms with E-state index in [-0.39, 0.29) is 11.3 Å². The summed E-state index contributed by atoms with van der Waals surface area (Å²) < 4.78 is 26.2. The second-order valence-corrected chi connectivity index (χ2v) is 4.65. The van der Waals surface area contributed by atoms with Gasteiger partial charge in [0.15, 0.2) is 11.6 Å². The summed E-state index contributed by atoms with van der Waals surface area (Å²) in [4.78, 5) is 12.8. The molecular weight excluding hydrogens is 240 g/mol. The number of carboxylic acids is 1. The molecule has 0 bridgehead atoms. The van der Waals surface area contributed by atoms with Crippen molar-refractivity contribution < 1.29 is 18.7 Å². The number of carboxylic acid groups (broad SMARTS) is 1. The van der Waals surface area contributed by atoms with E-state index in [2.05, 4.69) is 6.92 Å². The molecule has 1 aromatic carbocycles. The fourth-order valence-electron chi connectivity index (χ4n) is 2.33. The third-order valence-electron chi connectivity index (χ3n) is 3.26. The van der Waals surface area contributed by atoms with Crippen LogP contribution in [0.3, 0.4) is 0 Å². The predicted molar refractivity (Wildman–Crippen MR) is 63.9 cm³/mol. The molecule has 5 heteroatoms. The van der Waals surface area contributed by atoms with Gasteiger partial charge in [-0.3, -0.25) is 0 Å². The molecule has 1 aromatic rings. The zero-order valence-corrected chi connectivity index (χ0v) is 10.1. The average molecular weight is 255 g/mol. The van der Waals surface area contributed by atoms with Crippen molar-refractivity contribution in [1.82, 2.24) is 0 Å². The van der Waals surface area contributed by atoms with Crippen molar-refractivity contribution >= 4 is 11.7 Å². The zero-order valence-electron chi connectivity index (χ0n) is 10.1. The van der Waals surface area contributed by atoms with Crippen molar-refractivity contribution in [2.24, 2.45) is 5.92 Å². The van der Waals surface area contributed by atoms with Gasteiger partial charge in [-0.1, -0.05) is 13.3 Å². The molecule has 1 N–H and O–H groups in total. The Hall–Kier alpha value is -1.65. The van der Waals surface area contributed by atoms with Crippen LogP contribution >= 0.6 is 0 Å². The summed E-state index contributed by atoms with van der Waals surface area (Å²) in [6.07, 6.45) is 2.14. The van der Waals surface area contributed by atoms with Crippen molar-refractivity contribution in [2.75, 3.05) is 18.0 Å². The molecule has 0 unspecified atom stereocenters. The van der Waals surface area contributed by atoms with Crippen molar-refractivity contribution in [1.29, 1.82) is 0 Å². The summed E-state index contributed by atoms with van der Waals surface area (Å²) >= 11 is 0. The number of rotatable bonds is 4. The van der Waals surface area contributed by atoms with Gasteiger partial charge in [0.25, 0.3) is 0 Å². The van der Waals surface area contributed by atoms with E-state index in [1.54, 1.807) is 4.90 Å². The first-order chi connectivity index (χ1) is 8.52. The molecule has 0 saturated carbocycles. The first-order valence-corrected chi connectivity index (χ1v) is 6.00. The fourth-order valence-corrected chi connectivity index (χ4v) is 2.33. The SMILES string of the molecule is CCCC1CN(c2cc(F)c(F)cc2C(=O)O)C1. The maximum atomic E-state index is 13.2. The Balaban J connectivity index is 2.23. The monoisotopic (exact) mass is 255 g/mol. The van der Waals surface area contributed by atoms with Crippen LogP contribution in [0.1, 0.15) is 30.1 Å². The summed E-state index contributed by atoms with van der Waals surface area (Å²) in [6.45, 7) is 3.50. The van der Waals surface area contributed by atoms with Gasteiger partial charge in [0, 0.05) is 19.2 Å². The number of aromatic carboxylic acids is 1. The van der Waals surface area contributed by atoms with Gasteiger partial charge < -0.3 is 10.0 Å². The van der Waals surface area contributed by atoms with E-state index >= 15 is 0 Å². The molecule has 18 heavy (non-hydrogen) atoms. The van der Waals surface area contributed by atoms with Crippen LogP contribution in [-0.4, -0.2) is 24.2 Å². The lowest BCUT2D eigenvalue weighted by molar-refractivity contribution is 0.0696. The van der Waals surface area contributed by atoms with Gasteiger partial charge in [-0.15, -0.1) is 0 Å². The number of hydrogen-bond donors (Lipinski definition) is 1. The topological polar surface area (TPSA) is 40.5 Å². The molecule has 1 aliphatic heterocycles. The molecule has 98 valence electrons. The predicted octanol–water partition coefficient (Wildman–Crippen LogP) is 2.90. The Labute approximate surface area is 104 Å². The number of nitrogens with zero attached hydrogens (tertiary/aromatic N) is 1. The number of carbonyl (C=O) groups is 1. The van der Waals surface area contributed by atoms with Crippen molar-refractivity contribution in [2.45, 2.75) is 19.8 Å². The van der Waals surface area contributed by atoms with Crippen LogP contribution < -0.4 is 4.90 Å². The first-order valence-electron chi connectivity index (χ1n) is 6.00. The van der Waals surface area contributed by atoms with Crippen LogP contribution in [0.2, 0.25) is 0 Å². The van der Waals surface area contributed by atoms with Crippen molar-refractivity contribution in [3.05, 3.63) is 29.3 Å². The maximum absolute atomic E-state index is 13.2. The third-order valence-corrected chi connectivity index (χ3v) is 3.26. The Morgan fingerprint density at radius 2 is 2.00 bits per heavy atom. The van der Waals surface area contributed by atoms with Crippen LogP contribution in [0, 0.1) is 17.6 Å². The van der Waals surface area contributed by atoms with Gasteiger partial charge in [-0.25, -0.2) is 13.6 Å². The van der Waals surface area contributed by atoms with E-state index in [4.69, 9.17) is 5.11 Å². The van der Waals surface area contributed by atoms with Gasteiger partial charge in [0.2, 0.25) is 0 Å². The summed E-state index contributed by atoms with van der Waals surface area (Å²) in [6, 6.07) is 1.72. The van der Waals surface area contributed by atoms with Gasteiger partial charge in [0.1, 0.15) is 0 Å². The van der Waals surface area contributed by atoms with E-state index in [9.17, 15) is 13.6 Å². The summed E-state index contributed by atoms with van der Waals surface area (Å²) in [7, 11) is 0. The Bertz CT molecular complexity index is 470. The highest BCUT2D eigenvalue weighted by atomic mass is 19.2. The average Bonchev–Trinajstić information content (AvgIpc) is 2.26. The van der Waals surface area contributed by atoms with Gasteiger partial charge >= 0.3 is 5.97 Å². The minimum absolute atomic E-state index is 0.177. The summed E-state index contributed by atoms with van der Waals surface area (Å²) in [5, 5.41) is 9.00. The van der Waals surface area contributed by atoms with Gasteiger partial charge in [-0.05, 0) is 18.4 Å². The molecule has 0 aromatic heterocycles. The number of halogens is 2. The third kappa shape index (κ3) is 2.30. The second kappa shape index (κ2) is 4.92. The molecule has 1 fully saturated rings. The van der Waals surface area contributed by atoms with Crippen LogP contribution in [0.4, 0.5) is 14.5 Å². The number of anilines is 1. The molecule has 0 aliphatic carbocycles. The Morgan fingerprint density at radius 3 is 2.56 bits per heavy atom. The van der Waals surface area contributed by atoms with E-state index in [0.29, 0.717) is 19.0 Å². The van der Waals surface area contributed by atoms with Crippen LogP contribution in [0.25, 0.3) is 0 Å². The smallest absolute Gasteiger partial charge is 0.337 e.